The van der Waals surface area contributed by atoms with E-state index in [4.69, 9.17) is 0 Å². The maximum atomic E-state index is 2.81. The van der Waals surface area contributed by atoms with E-state index >= 15 is 0 Å². The Bertz CT molecular complexity index is 731. The summed E-state index contributed by atoms with van der Waals surface area (Å²) in [6.45, 7) is 6.28. The van der Waals surface area contributed by atoms with Crippen molar-refractivity contribution in [3.8, 4) is 0 Å². The van der Waals surface area contributed by atoms with Crippen LogP contribution >= 0.6 is 0 Å². The Hall–Kier alpha value is -1.32. The molecule has 1 saturated carbocycles. The fraction of sp³-hybridized carbons (Fsp3) is 0.652. The first-order valence-corrected chi connectivity index (χ1v) is 10.9. The molecular formula is C23H33N3. The lowest BCUT2D eigenvalue weighted by Gasteiger charge is -2.39. The van der Waals surface area contributed by atoms with E-state index in [1.165, 1.54) is 94.0 Å². The monoisotopic (exact) mass is 351 g/mol. The Morgan fingerprint density at radius 3 is 2.27 bits per heavy atom. The van der Waals surface area contributed by atoms with Crippen LogP contribution in [-0.4, -0.2) is 46.6 Å². The first-order chi connectivity index (χ1) is 12.9. The molecule has 1 aromatic heterocycles. The molecular weight excluding hydrogens is 318 g/mol. The lowest BCUT2D eigenvalue weighted by molar-refractivity contribution is 0.110. The summed E-state index contributed by atoms with van der Waals surface area (Å²) in [6, 6.07) is 10.7. The van der Waals surface area contributed by atoms with Crippen LogP contribution in [0.1, 0.15) is 63.0 Å². The average molecular weight is 352 g/mol. The van der Waals surface area contributed by atoms with E-state index in [1.807, 2.05) is 0 Å². The van der Waals surface area contributed by atoms with Crippen LogP contribution in [0.25, 0.3) is 10.9 Å². The molecule has 5 rings (SSSR count). The average Bonchev–Trinajstić information content (AvgIpc) is 3.04. The Balaban J connectivity index is 1.32. The second kappa shape index (κ2) is 7.36. The lowest BCUT2D eigenvalue weighted by Crippen LogP contribution is -2.42. The van der Waals surface area contributed by atoms with E-state index in [0.717, 1.165) is 12.6 Å². The third-order valence-electron chi connectivity index (χ3n) is 7.15. The molecule has 26 heavy (non-hydrogen) atoms. The number of nitrogens with zero attached hydrogens (tertiary/aromatic N) is 3. The van der Waals surface area contributed by atoms with E-state index in [1.54, 1.807) is 0 Å². The van der Waals surface area contributed by atoms with Gasteiger partial charge in [0.05, 0.1) is 0 Å². The molecule has 2 saturated heterocycles. The van der Waals surface area contributed by atoms with Gasteiger partial charge in [-0.05, 0) is 56.8 Å². The largest absolute Gasteiger partial charge is 0.344 e. The van der Waals surface area contributed by atoms with Crippen LogP contribution in [0.5, 0.6) is 0 Å². The highest BCUT2D eigenvalue weighted by Gasteiger charge is 2.28. The Kier molecular flexibility index (Phi) is 4.76. The molecule has 0 unspecified atom stereocenters. The fourth-order valence-electron chi connectivity index (χ4n) is 5.46. The van der Waals surface area contributed by atoms with E-state index in [-0.39, 0.29) is 0 Å². The Labute approximate surface area is 158 Å². The topological polar surface area (TPSA) is 11.4 Å². The SMILES string of the molecule is c1ccc2c(c1)c(CN1CCC1)cn2C1CCN(C2CCCCC2)CC1. The van der Waals surface area contributed by atoms with Crippen molar-refractivity contribution in [3.05, 3.63) is 36.0 Å². The van der Waals surface area contributed by atoms with Gasteiger partial charge in [0.15, 0.2) is 0 Å². The van der Waals surface area contributed by atoms with Crippen LogP contribution in [0.2, 0.25) is 0 Å². The molecule has 0 N–H and O–H groups in total. The first-order valence-electron chi connectivity index (χ1n) is 10.9. The molecule has 3 heteroatoms. The van der Waals surface area contributed by atoms with Gasteiger partial charge in [-0.1, -0.05) is 37.5 Å². The van der Waals surface area contributed by atoms with Gasteiger partial charge < -0.3 is 9.47 Å². The van der Waals surface area contributed by atoms with Crippen LogP contribution < -0.4 is 0 Å². The maximum Gasteiger partial charge on any atom is 0.0486 e. The molecule has 3 heterocycles. The second-order valence-corrected chi connectivity index (χ2v) is 8.77. The van der Waals surface area contributed by atoms with Crippen LogP contribution in [0, 0.1) is 0 Å². The fourth-order valence-corrected chi connectivity index (χ4v) is 5.46. The third-order valence-corrected chi connectivity index (χ3v) is 7.15. The molecule has 140 valence electrons. The predicted molar refractivity (Wildman–Crippen MR) is 109 cm³/mol. The Morgan fingerprint density at radius 2 is 1.54 bits per heavy atom. The van der Waals surface area contributed by atoms with E-state index in [2.05, 4.69) is 44.8 Å². The zero-order chi connectivity index (χ0) is 17.3. The quantitative estimate of drug-likeness (QED) is 0.782. The molecule has 0 radical (unpaired) electrons. The minimum Gasteiger partial charge on any atom is -0.344 e. The highest BCUT2D eigenvalue weighted by atomic mass is 15.2. The second-order valence-electron chi connectivity index (χ2n) is 8.77. The number of fused-ring (bicyclic) bond motifs is 1. The summed E-state index contributed by atoms with van der Waals surface area (Å²) in [5, 5.41) is 1.48. The van der Waals surface area contributed by atoms with Gasteiger partial charge in [-0.15, -0.1) is 0 Å². The molecule has 0 bridgehead atoms. The van der Waals surface area contributed by atoms with E-state index in [0.29, 0.717) is 6.04 Å². The summed E-state index contributed by atoms with van der Waals surface area (Å²) in [5.41, 5.74) is 2.99. The van der Waals surface area contributed by atoms with Crippen LogP contribution in [0.3, 0.4) is 0 Å². The third kappa shape index (κ3) is 3.20. The zero-order valence-electron chi connectivity index (χ0n) is 16.1. The summed E-state index contributed by atoms with van der Waals surface area (Å²) >= 11 is 0. The highest BCUT2D eigenvalue weighted by Crippen LogP contribution is 2.33. The van der Waals surface area contributed by atoms with Crippen molar-refractivity contribution in [1.82, 2.24) is 14.4 Å². The number of likely N-dealkylation sites (tertiary alicyclic amines) is 2. The molecule has 0 amide bonds. The molecule has 2 aliphatic heterocycles. The van der Waals surface area contributed by atoms with Gasteiger partial charge in [0.1, 0.15) is 0 Å². The number of aromatic nitrogens is 1. The van der Waals surface area contributed by atoms with Crippen molar-refractivity contribution in [2.45, 2.75) is 70.0 Å². The summed E-state index contributed by atoms with van der Waals surface area (Å²) in [7, 11) is 0. The molecule has 0 spiro atoms. The summed E-state index contributed by atoms with van der Waals surface area (Å²) in [4.78, 5) is 5.39. The van der Waals surface area contributed by atoms with Crippen molar-refractivity contribution < 1.29 is 0 Å². The number of piperidine rings is 1. The van der Waals surface area contributed by atoms with Crippen molar-refractivity contribution in [3.63, 3.8) is 0 Å². The number of hydrogen-bond acceptors (Lipinski definition) is 2. The van der Waals surface area contributed by atoms with Crippen LogP contribution in [0.15, 0.2) is 30.5 Å². The van der Waals surface area contributed by atoms with Crippen LogP contribution in [0.4, 0.5) is 0 Å². The van der Waals surface area contributed by atoms with Gasteiger partial charge in [-0.3, -0.25) is 4.90 Å². The van der Waals surface area contributed by atoms with Crippen molar-refractivity contribution in [2.75, 3.05) is 26.2 Å². The summed E-state index contributed by atoms with van der Waals surface area (Å²) in [6.07, 6.45) is 13.7. The molecule has 1 aromatic carbocycles. The highest BCUT2D eigenvalue weighted by molar-refractivity contribution is 5.84. The van der Waals surface area contributed by atoms with Crippen LogP contribution in [-0.2, 0) is 6.54 Å². The minimum atomic E-state index is 0.685. The minimum absolute atomic E-state index is 0.685. The van der Waals surface area contributed by atoms with Crippen molar-refractivity contribution >= 4 is 10.9 Å². The maximum absolute atomic E-state index is 2.81. The summed E-state index contributed by atoms with van der Waals surface area (Å²) in [5.74, 6) is 0. The smallest absolute Gasteiger partial charge is 0.0486 e. The number of benzene rings is 1. The Morgan fingerprint density at radius 1 is 0.769 bits per heavy atom. The predicted octanol–water partition coefficient (Wildman–Crippen LogP) is 4.82. The number of para-hydroxylation sites is 1. The molecule has 3 aliphatic rings. The van der Waals surface area contributed by atoms with E-state index < -0.39 is 0 Å². The van der Waals surface area contributed by atoms with Gasteiger partial charge in [0.25, 0.3) is 0 Å². The summed E-state index contributed by atoms with van der Waals surface area (Å²) < 4.78 is 2.63. The molecule has 0 atom stereocenters. The number of hydrogen-bond donors (Lipinski definition) is 0. The molecule has 3 fully saturated rings. The van der Waals surface area contributed by atoms with Crippen molar-refractivity contribution in [2.24, 2.45) is 0 Å². The molecule has 3 nitrogen and oxygen atoms in total. The number of rotatable bonds is 4. The van der Waals surface area contributed by atoms with Gasteiger partial charge in [-0.25, -0.2) is 0 Å². The molecule has 1 aliphatic carbocycles. The van der Waals surface area contributed by atoms with Crippen molar-refractivity contribution in [1.29, 1.82) is 0 Å². The first kappa shape index (κ1) is 16.8. The molecule has 2 aromatic rings. The zero-order valence-corrected chi connectivity index (χ0v) is 16.1. The lowest BCUT2D eigenvalue weighted by atomic mass is 9.92. The van der Waals surface area contributed by atoms with Gasteiger partial charge in [-0.2, -0.15) is 0 Å². The van der Waals surface area contributed by atoms with E-state index in [9.17, 15) is 0 Å². The van der Waals surface area contributed by atoms with Gasteiger partial charge in [0, 0.05) is 48.8 Å². The van der Waals surface area contributed by atoms with Gasteiger partial charge in [0.2, 0.25) is 0 Å². The van der Waals surface area contributed by atoms with Gasteiger partial charge >= 0.3 is 0 Å². The standard InChI is InChI=1S/C23H33N3/c1-2-7-20(8-3-1)25-15-11-21(12-16-25)26-18-19(17-24-13-6-14-24)22-9-4-5-10-23(22)26/h4-5,9-10,18,20-21H,1-3,6-8,11-17H2. The normalized spacial score (nSPS) is 24.2.